The molecule has 0 unspecified atom stereocenters. The van der Waals surface area contributed by atoms with Gasteiger partial charge in [-0.25, -0.2) is 0 Å². The molecule has 1 aromatic rings. The van der Waals surface area contributed by atoms with E-state index in [1.807, 2.05) is 24.3 Å². The third-order valence-corrected chi connectivity index (χ3v) is 1.22. The second kappa shape index (κ2) is 7.03. The van der Waals surface area contributed by atoms with Gasteiger partial charge in [-0.05, 0) is 19.0 Å². The van der Waals surface area contributed by atoms with Gasteiger partial charge in [0.2, 0.25) is 0 Å². The van der Waals surface area contributed by atoms with Gasteiger partial charge in [0.1, 0.15) is 0 Å². The summed E-state index contributed by atoms with van der Waals surface area (Å²) >= 11 is 0. The Morgan fingerprint density at radius 2 is 1.82 bits per heavy atom. The molecule has 1 heteroatoms. The lowest BCUT2D eigenvalue weighted by Crippen LogP contribution is -1.75. The van der Waals surface area contributed by atoms with E-state index in [0.29, 0.717) is 0 Å². The molecular weight excluding hydrogens is 134 g/mol. The van der Waals surface area contributed by atoms with Gasteiger partial charge in [-0.1, -0.05) is 36.4 Å². The molecule has 0 aromatic heterocycles. The molecule has 60 valence electrons. The molecule has 2 N–H and O–H groups in total. The fourth-order valence-electron chi connectivity index (χ4n) is 0.781. The van der Waals surface area contributed by atoms with Gasteiger partial charge < -0.3 is 5.73 Å². The zero-order valence-electron chi connectivity index (χ0n) is 6.96. The molecule has 0 radical (unpaired) electrons. The van der Waals surface area contributed by atoms with Gasteiger partial charge in [0.15, 0.2) is 0 Å². The third kappa shape index (κ3) is 4.34. The van der Waals surface area contributed by atoms with Gasteiger partial charge in [0.05, 0.1) is 0 Å². The Hall–Kier alpha value is -1.08. The van der Waals surface area contributed by atoms with Crippen molar-refractivity contribution < 1.29 is 0 Å². The fraction of sp³-hybridized carbons (Fsp3) is 0.200. The molecule has 0 aliphatic carbocycles. The quantitative estimate of drug-likeness (QED) is 0.639. The van der Waals surface area contributed by atoms with Crippen LogP contribution < -0.4 is 5.73 Å². The predicted octanol–water partition coefficient (Wildman–Crippen LogP) is 1.99. The Labute approximate surface area is 68.5 Å². The highest BCUT2D eigenvalue weighted by molar-refractivity contribution is 5.16. The van der Waals surface area contributed by atoms with Crippen LogP contribution in [0.4, 0.5) is 0 Å². The molecule has 0 aliphatic heterocycles. The average molecular weight is 149 g/mol. The molecular formula is C10H15N. The Kier molecular flexibility index (Phi) is 6.34. The Bertz CT molecular complexity index is 179. The van der Waals surface area contributed by atoms with Crippen LogP contribution in [0.25, 0.3) is 0 Å². The minimum atomic E-state index is 0.973. The van der Waals surface area contributed by atoms with E-state index in [9.17, 15) is 0 Å². The third-order valence-electron chi connectivity index (χ3n) is 1.22. The van der Waals surface area contributed by atoms with Crippen LogP contribution in [-0.4, -0.2) is 7.05 Å². The molecule has 0 atom stereocenters. The SMILES string of the molecule is C=CCc1ccccc1.CN. The maximum absolute atomic E-state index is 4.50. The molecule has 0 amide bonds. The van der Waals surface area contributed by atoms with Crippen molar-refractivity contribution in [2.24, 2.45) is 5.73 Å². The molecule has 0 heterocycles. The van der Waals surface area contributed by atoms with Crippen molar-refractivity contribution in [3.05, 3.63) is 48.6 Å². The van der Waals surface area contributed by atoms with E-state index in [1.54, 1.807) is 0 Å². The summed E-state index contributed by atoms with van der Waals surface area (Å²) < 4.78 is 0. The number of allylic oxidation sites excluding steroid dienone is 1. The molecule has 0 spiro atoms. The Morgan fingerprint density at radius 1 is 1.27 bits per heavy atom. The maximum atomic E-state index is 4.50. The van der Waals surface area contributed by atoms with E-state index in [2.05, 4.69) is 24.4 Å². The van der Waals surface area contributed by atoms with Crippen LogP contribution in [0.5, 0.6) is 0 Å². The zero-order valence-corrected chi connectivity index (χ0v) is 6.96. The van der Waals surface area contributed by atoms with Crippen molar-refractivity contribution >= 4 is 0 Å². The second-order valence-corrected chi connectivity index (χ2v) is 1.98. The first-order chi connectivity index (χ1) is 5.43. The standard InChI is InChI=1S/C9H10.CH5N/c1-2-6-9-7-4-3-5-8-9;1-2/h2-5,7-8H,1,6H2;2H2,1H3. The summed E-state index contributed by atoms with van der Waals surface area (Å²) in [5.74, 6) is 0. The first kappa shape index (κ1) is 9.92. The molecule has 0 aliphatic rings. The Morgan fingerprint density at radius 3 is 2.27 bits per heavy atom. The largest absolute Gasteiger partial charge is 0.333 e. The summed E-state index contributed by atoms with van der Waals surface area (Å²) in [5, 5.41) is 0. The van der Waals surface area contributed by atoms with E-state index in [4.69, 9.17) is 0 Å². The summed E-state index contributed by atoms with van der Waals surface area (Å²) in [6, 6.07) is 10.3. The number of rotatable bonds is 2. The lowest BCUT2D eigenvalue weighted by atomic mass is 10.2. The van der Waals surface area contributed by atoms with Crippen LogP contribution in [0, 0.1) is 0 Å². The van der Waals surface area contributed by atoms with Crippen molar-refractivity contribution in [2.75, 3.05) is 7.05 Å². The van der Waals surface area contributed by atoms with Crippen LogP contribution in [0.15, 0.2) is 43.0 Å². The van der Waals surface area contributed by atoms with Crippen molar-refractivity contribution in [1.29, 1.82) is 0 Å². The number of nitrogens with two attached hydrogens (primary N) is 1. The first-order valence-corrected chi connectivity index (χ1v) is 3.66. The predicted molar refractivity (Wildman–Crippen MR) is 50.5 cm³/mol. The van der Waals surface area contributed by atoms with E-state index in [1.165, 1.54) is 12.6 Å². The molecule has 11 heavy (non-hydrogen) atoms. The molecule has 0 bridgehead atoms. The van der Waals surface area contributed by atoms with Gasteiger partial charge in [-0.2, -0.15) is 0 Å². The van der Waals surface area contributed by atoms with E-state index >= 15 is 0 Å². The number of benzene rings is 1. The Balaban J connectivity index is 0.000000461. The summed E-state index contributed by atoms with van der Waals surface area (Å²) in [5.41, 5.74) is 5.83. The minimum Gasteiger partial charge on any atom is -0.333 e. The molecule has 1 aromatic carbocycles. The summed E-state index contributed by atoms with van der Waals surface area (Å²) in [6.07, 6.45) is 2.89. The van der Waals surface area contributed by atoms with E-state index in [-0.39, 0.29) is 0 Å². The second-order valence-electron chi connectivity index (χ2n) is 1.98. The topological polar surface area (TPSA) is 26.0 Å². The minimum absolute atomic E-state index is 0.973. The van der Waals surface area contributed by atoms with Gasteiger partial charge in [0.25, 0.3) is 0 Å². The van der Waals surface area contributed by atoms with Crippen LogP contribution in [0.2, 0.25) is 0 Å². The summed E-state index contributed by atoms with van der Waals surface area (Å²) in [6.45, 7) is 3.66. The highest BCUT2D eigenvalue weighted by atomic mass is 14.4. The fourth-order valence-corrected chi connectivity index (χ4v) is 0.781. The molecule has 0 saturated heterocycles. The van der Waals surface area contributed by atoms with E-state index < -0.39 is 0 Å². The van der Waals surface area contributed by atoms with Crippen molar-refractivity contribution in [3.8, 4) is 0 Å². The maximum Gasteiger partial charge on any atom is -0.0100 e. The zero-order chi connectivity index (χ0) is 8.53. The monoisotopic (exact) mass is 149 g/mol. The van der Waals surface area contributed by atoms with Gasteiger partial charge in [-0.15, -0.1) is 6.58 Å². The smallest absolute Gasteiger partial charge is 0.0100 e. The van der Waals surface area contributed by atoms with Gasteiger partial charge >= 0.3 is 0 Å². The summed E-state index contributed by atoms with van der Waals surface area (Å²) in [7, 11) is 1.50. The normalized spacial score (nSPS) is 7.82. The molecule has 0 fully saturated rings. The van der Waals surface area contributed by atoms with Crippen LogP contribution in [0.3, 0.4) is 0 Å². The van der Waals surface area contributed by atoms with Gasteiger partial charge in [0, 0.05) is 0 Å². The van der Waals surface area contributed by atoms with E-state index in [0.717, 1.165) is 6.42 Å². The highest BCUT2D eigenvalue weighted by Gasteiger charge is 1.82. The lowest BCUT2D eigenvalue weighted by Gasteiger charge is -1.91. The highest BCUT2D eigenvalue weighted by Crippen LogP contribution is 1.98. The number of hydrogen-bond donors (Lipinski definition) is 1. The molecule has 0 saturated carbocycles. The van der Waals surface area contributed by atoms with Gasteiger partial charge in [-0.3, -0.25) is 0 Å². The number of hydrogen-bond acceptors (Lipinski definition) is 1. The van der Waals surface area contributed by atoms with Crippen LogP contribution in [0.1, 0.15) is 5.56 Å². The average Bonchev–Trinajstić information content (AvgIpc) is 2.11. The lowest BCUT2D eigenvalue weighted by molar-refractivity contribution is 1.28. The van der Waals surface area contributed by atoms with Crippen molar-refractivity contribution in [1.82, 2.24) is 0 Å². The van der Waals surface area contributed by atoms with Crippen LogP contribution in [-0.2, 0) is 6.42 Å². The molecule has 1 nitrogen and oxygen atoms in total. The molecule has 1 rings (SSSR count). The van der Waals surface area contributed by atoms with Crippen molar-refractivity contribution in [3.63, 3.8) is 0 Å². The first-order valence-electron chi connectivity index (χ1n) is 3.66. The van der Waals surface area contributed by atoms with Crippen LogP contribution >= 0.6 is 0 Å². The van der Waals surface area contributed by atoms with Crippen molar-refractivity contribution in [2.45, 2.75) is 6.42 Å². The summed E-state index contributed by atoms with van der Waals surface area (Å²) in [4.78, 5) is 0.